The van der Waals surface area contributed by atoms with E-state index in [0.29, 0.717) is 43.1 Å². The predicted molar refractivity (Wildman–Crippen MR) is 430 cm³/mol. The van der Waals surface area contributed by atoms with Crippen molar-refractivity contribution in [2.24, 2.45) is 22.7 Å². The molecule has 9 unspecified atom stereocenters. The standard InChI is InChI=1S/C20H23F3O3.C19H21F3O3.C13H19F5O4.C12H17F5O4.C12H20F2O4.C11H18F2O4/c1-5-19(3,4)16-8-6-15-11-17(9-7-14(15)10-16)25-12-18(24)26-13(2)20(21,22)23;1-4-12(2)14-5-6-16-10-17(8-7-15(16)9-14)24-11-18(23)25-13(3)19(20,21)22;1-5-8(22-9(19)11(3,4)6-2)13(17,18)10(20)21-7-12(14,15)16;1-4-7(3)9(18)21-8(5-2)12(16,17)10(19)20-6-11(13,14)15;1-6-8(12(13,14)10(16)17-5)18-9(15)11(3,4)7-2;1-5-7(3)9(14)17-8(6-2)11(12,13)10(15)16-4/h6-11,13H,5,12H2,1-4H3;5-10,12-13H,4,11H2,1-3H3;8H,5-7H2,1-4H3;7-8H,4-6H2,1-3H3;8H,6-7H2,1-5H3;7-8H,5-6H2,1-4H3. The molecule has 0 aromatic heterocycles. The first-order valence-electron chi connectivity index (χ1n) is 40.7. The van der Waals surface area contributed by atoms with E-state index in [1.165, 1.54) is 59.6 Å². The Labute approximate surface area is 736 Å². The van der Waals surface area contributed by atoms with E-state index < -0.39 is 207 Å². The van der Waals surface area contributed by atoms with Gasteiger partial charge in [-0.1, -0.05) is 152 Å². The Morgan fingerprint density at radius 1 is 0.326 bits per heavy atom. The van der Waals surface area contributed by atoms with Crippen molar-refractivity contribution in [3.8, 4) is 11.5 Å². The zero-order valence-electron chi connectivity index (χ0n) is 76.1. The highest BCUT2D eigenvalue weighted by Gasteiger charge is 2.56. The van der Waals surface area contributed by atoms with Gasteiger partial charge >= 0.3 is 108 Å². The molecule has 0 amide bonds. The second-order valence-electron chi connectivity index (χ2n) is 31.2. The van der Waals surface area contributed by atoms with Gasteiger partial charge in [-0.2, -0.15) is 87.8 Å². The molecule has 4 aromatic rings. The van der Waals surface area contributed by atoms with Crippen LogP contribution in [0.4, 0.5) is 87.8 Å². The van der Waals surface area contributed by atoms with Gasteiger partial charge in [0.2, 0.25) is 0 Å². The highest BCUT2D eigenvalue weighted by Crippen LogP contribution is 2.37. The summed E-state index contributed by atoms with van der Waals surface area (Å²) >= 11 is 0. The van der Waals surface area contributed by atoms with Crippen molar-refractivity contribution in [1.82, 2.24) is 0 Å². The van der Waals surface area contributed by atoms with E-state index in [9.17, 15) is 136 Å². The molecule has 0 radical (unpaired) electrons. The fraction of sp³-hybridized carbons (Fsp3) is 0.655. The summed E-state index contributed by atoms with van der Waals surface area (Å²) in [5, 5.41) is 3.93. The molecule has 0 spiro atoms. The third kappa shape index (κ3) is 41.1. The van der Waals surface area contributed by atoms with Gasteiger partial charge in [0.15, 0.2) is 63.1 Å². The minimum absolute atomic E-state index is 0.0717. The average molecular weight is 1900 g/mol. The van der Waals surface area contributed by atoms with Gasteiger partial charge in [-0.05, 0) is 174 Å². The van der Waals surface area contributed by atoms with Crippen LogP contribution in [0.5, 0.6) is 11.5 Å². The van der Waals surface area contributed by atoms with E-state index in [-0.39, 0.29) is 18.3 Å². The van der Waals surface area contributed by atoms with Crippen molar-refractivity contribution in [1.29, 1.82) is 0 Å². The summed E-state index contributed by atoms with van der Waals surface area (Å²) in [6.45, 7) is 28.1. The van der Waals surface area contributed by atoms with Gasteiger partial charge in [-0.15, -0.1) is 0 Å². The first kappa shape index (κ1) is 121. The Balaban J connectivity index is 0. The molecule has 4 aromatic carbocycles. The fourth-order valence-electron chi connectivity index (χ4n) is 9.35. The normalized spacial score (nSPS) is 14.3. The van der Waals surface area contributed by atoms with Crippen molar-refractivity contribution in [3.05, 3.63) is 83.9 Å². The number of fused-ring (bicyclic) bond motifs is 2. The number of hydrogen-bond acceptors (Lipinski definition) is 22. The van der Waals surface area contributed by atoms with E-state index in [0.717, 1.165) is 62.5 Å². The van der Waals surface area contributed by atoms with E-state index in [1.54, 1.807) is 72.7 Å². The predicted octanol–water partition coefficient (Wildman–Crippen LogP) is 21.9. The Morgan fingerprint density at radius 3 is 0.899 bits per heavy atom. The molecule has 0 fully saturated rings. The number of carbonyl (C=O) groups excluding carboxylic acids is 10. The van der Waals surface area contributed by atoms with Crippen LogP contribution < -0.4 is 9.47 Å². The van der Waals surface area contributed by atoms with Crippen LogP contribution in [0.2, 0.25) is 0 Å². The molecule has 738 valence electrons. The molecule has 0 aliphatic heterocycles. The van der Waals surface area contributed by atoms with Crippen molar-refractivity contribution >= 4 is 81.2 Å². The number of esters is 10. The molecular formula is C87H118F20O22. The molecule has 0 saturated heterocycles. The van der Waals surface area contributed by atoms with E-state index >= 15 is 0 Å². The first-order valence-corrected chi connectivity index (χ1v) is 40.7. The minimum atomic E-state index is -4.92. The van der Waals surface area contributed by atoms with Crippen LogP contribution in [0.1, 0.15) is 227 Å². The highest BCUT2D eigenvalue weighted by atomic mass is 19.4. The van der Waals surface area contributed by atoms with Crippen molar-refractivity contribution < 1.29 is 193 Å². The summed E-state index contributed by atoms with van der Waals surface area (Å²) in [7, 11) is 1.72. The smallest absolute Gasteiger partial charge is 0.425 e. The van der Waals surface area contributed by atoms with Crippen molar-refractivity contribution in [2.75, 3.05) is 40.6 Å². The van der Waals surface area contributed by atoms with Gasteiger partial charge in [0.1, 0.15) is 11.5 Å². The molecule has 129 heavy (non-hydrogen) atoms. The Morgan fingerprint density at radius 2 is 0.620 bits per heavy atom. The van der Waals surface area contributed by atoms with Gasteiger partial charge in [0.25, 0.3) is 0 Å². The number of methoxy groups -OCH3 is 2. The summed E-state index contributed by atoms with van der Waals surface area (Å²) < 4.78 is 307. The lowest BCUT2D eigenvalue weighted by atomic mass is 9.81. The zero-order valence-corrected chi connectivity index (χ0v) is 76.1. The molecule has 0 heterocycles. The molecule has 0 aliphatic rings. The Kier molecular flexibility index (Phi) is 49.8. The van der Waals surface area contributed by atoms with Gasteiger partial charge in [-0.3, -0.25) is 19.2 Å². The van der Waals surface area contributed by atoms with Crippen molar-refractivity contribution in [2.45, 2.75) is 306 Å². The van der Waals surface area contributed by atoms with E-state index in [4.69, 9.17) is 14.2 Å². The summed E-state index contributed by atoms with van der Waals surface area (Å²) in [6, 6.07) is 22.8. The van der Waals surface area contributed by atoms with E-state index in [2.05, 4.69) is 95.4 Å². The fourth-order valence-corrected chi connectivity index (χ4v) is 9.35. The second-order valence-corrected chi connectivity index (χ2v) is 31.2. The average Bonchev–Trinajstić information content (AvgIpc) is 0.791. The first-order chi connectivity index (χ1) is 58.9. The topological polar surface area (TPSA) is 281 Å². The molecule has 0 saturated carbocycles. The van der Waals surface area contributed by atoms with Crippen LogP contribution >= 0.6 is 0 Å². The summed E-state index contributed by atoms with van der Waals surface area (Å²) in [4.78, 5) is 113. The van der Waals surface area contributed by atoms with Crippen LogP contribution in [-0.2, 0) is 101 Å². The summed E-state index contributed by atoms with van der Waals surface area (Å²) in [5.74, 6) is -29.9. The largest absolute Gasteiger partial charge is 0.482 e. The number of hydrogen-bond donors (Lipinski definition) is 0. The number of rotatable bonds is 38. The third-order valence-electron chi connectivity index (χ3n) is 20.0. The lowest BCUT2D eigenvalue weighted by Gasteiger charge is -2.28. The molecule has 42 heteroatoms. The van der Waals surface area contributed by atoms with Gasteiger partial charge in [-0.25, -0.2) is 28.8 Å². The molecular weight excluding hydrogens is 1780 g/mol. The Bertz CT molecular complexity index is 4200. The molecule has 9 atom stereocenters. The van der Waals surface area contributed by atoms with Crippen LogP contribution in [0.15, 0.2) is 72.8 Å². The molecule has 0 aliphatic carbocycles. The van der Waals surface area contributed by atoms with Gasteiger partial charge < -0.3 is 56.8 Å². The number of carbonyl (C=O) groups is 10. The lowest BCUT2D eigenvalue weighted by Crippen LogP contribution is -2.47. The van der Waals surface area contributed by atoms with Crippen LogP contribution in [0, 0.1) is 22.7 Å². The number of halogens is 20. The SMILES string of the molecule is CCC(C)(C)c1ccc2cc(OCC(=O)OC(C)C(F)(F)F)ccc2c1.CCC(C)C(=O)OC(CC)C(F)(F)C(=O)OC.CCC(C)C(=O)OC(CC)C(F)(F)C(=O)OCC(F)(F)F.CCC(C)c1ccc2cc(OCC(=O)OC(C)C(F)(F)F)ccc2c1.CCC(OC(=O)C(C)(C)CC)C(F)(F)C(=O)OC.CCC(OC(=O)C(C)(C)CC)C(F)(F)C(=O)OCC(F)(F)F. The molecule has 0 bridgehead atoms. The number of ether oxygens (including phenoxy) is 12. The van der Waals surface area contributed by atoms with Gasteiger partial charge in [0, 0.05) is 0 Å². The zero-order chi connectivity index (χ0) is 101. The maximum absolute atomic E-state index is 13.8. The van der Waals surface area contributed by atoms with Crippen LogP contribution in [-0.4, -0.2) is 185 Å². The minimum Gasteiger partial charge on any atom is -0.482 e. The van der Waals surface area contributed by atoms with Crippen molar-refractivity contribution in [3.63, 3.8) is 0 Å². The van der Waals surface area contributed by atoms with E-state index in [1.807, 2.05) is 30.3 Å². The maximum atomic E-state index is 13.8. The molecule has 22 nitrogen and oxygen atoms in total. The summed E-state index contributed by atoms with van der Waals surface area (Å²) in [5.41, 5.74) is 0.626. The summed E-state index contributed by atoms with van der Waals surface area (Å²) in [6.07, 6.45) is -28.9. The van der Waals surface area contributed by atoms with Gasteiger partial charge in [0.05, 0.1) is 36.9 Å². The highest BCUT2D eigenvalue weighted by molar-refractivity contribution is 5.87. The third-order valence-corrected chi connectivity index (χ3v) is 20.0. The molecule has 4 rings (SSSR count). The van der Waals surface area contributed by atoms with Crippen LogP contribution in [0.25, 0.3) is 21.5 Å². The number of alkyl halides is 20. The quantitative estimate of drug-likeness (QED) is 0.0229. The number of benzene rings is 4. The molecule has 0 N–H and O–H groups in total. The Hall–Kier alpha value is -9.70. The van der Waals surface area contributed by atoms with Crippen LogP contribution in [0.3, 0.4) is 0 Å². The lowest BCUT2D eigenvalue weighted by molar-refractivity contribution is -0.219. The second kappa shape index (κ2) is 53.0. The maximum Gasteiger partial charge on any atom is 0.425 e. The monoisotopic (exact) mass is 1890 g/mol.